The van der Waals surface area contributed by atoms with Gasteiger partial charge in [0.05, 0.1) is 11.6 Å². The summed E-state index contributed by atoms with van der Waals surface area (Å²) < 4.78 is 12.0. The summed E-state index contributed by atoms with van der Waals surface area (Å²) in [5, 5.41) is 10.5. The smallest absolute Gasteiger partial charge is 0.264 e. The molecule has 1 aliphatic heterocycles. The van der Waals surface area contributed by atoms with Gasteiger partial charge in [-0.2, -0.15) is 5.26 Å². The first-order valence-corrected chi connectivity index (χ1v) is 10.8. The van der Waals surface area contributed by atoms with E-state index < -0.39 is 0 Å². The van der Waals surface area contributed by atoms with Crippen molar-refractivity contribution in [2.24, 2.45) is 0 Å². The number of rotatable bonds is 6. The van der Waals surface area contributed by atoms with Crippen molar-refractivity contribution in [3.8, 4) is 17.6 Å². The van der Waals surface area contributed by atoms with Crippen molar-refractivity contribution in [3.63, 3.8) is 0 Å². The molecule has 0 aliphatic carbocycles. The van der Waals surface area contributed by atoms with Crippen molar-refractivity contribution >= 4 is 51.1 Å². The van der Waals surface area contributed by atoms with Crippen LogP contribution in [0.1, 0.15) is 24.0 Å². The number of hydrogen-bond acceptors (Lipinski definition) is 4. The molecule has 30 heavy (non-hydrogen) atoms. The Kier molecular flexibility index (Phi) is 7.65. The molecule has 1 saturated heterocycles. The topological polar surface area (TPSA) is 62.6 Å². The maximum atomic E-state index is 12.5. The number of halogens is 3. The van der Waals surface area contributed by atoms with Gasteiger partial charge in [-0.05, 0) is 64.7 Å². The first-order chi connectivity index (χ1) is 14.4. The van der Waals surface area contributed by atoms with Gasteiger partial charge in [-0.25, -0.2) is 0 Å². The monoisotopic (exact) mass is 508 g/mol. The van der Waals surface area contributed by atoms with Crippen molar-refractivity contribution < 1.29 is 14.3 Å². The van der Waals surface area contributed by atoms with Crippen molar-refractivity contribution in [1.82, 2.24) is 4.90 Å². The van der Waals surface area contributed by atoms with E-state index >= 15 is 0 Å². The van der Waals surface area contributed by atoms with Crippen LogP contribution in [0.4, 0.5) is 0 Å². The van der Waals surface area contributed by atoms with Crippen LogP contribution in [0.2, 0.25) is 10.0 Å². The molecule has 1 amide bonds. The largest absolute Gasteiger partial charge is 0.493 e. The van der Waals surface area contributed by atoms with Crippen molar-refractivity contribution in [3.05, 3.63) is 61.5 Å². The van der Waals surface area contributed by atoms with Gasteiger partial charge in [0.2, 0.25) is 0 Å². The Bertz CT molecular complexity index is 1030. The molecule has 0 N–H and O–H groups in total. The lowest BCUT2D eigenvalue weighted by molar-refractivity contribution is -0.125. The van der Waals surface area contributed by atoms with Crippen LogP contribution in [0, 0.1) is 11.3 Å². The molecule has 2 aromatic rings. The van der Waals surface area contributed by atoms with Gasteiger partial charge in [-0.15, -0.1) is 0 Å². The number of amides is 1. The predicted octanol–water partition coefficient (Wildman–Crippen LogP) is 5.87. The zero-order valence-corrected chi connectivity index (χ0v) is 19.4. The summed E-state index contributed by atoms with van der Waals surface area (Å²) in [7, 11) is 1.53. The van der Waals surface area contributed by atoms with Gasteiger partial charge in [0.25, 0.3) is 5.91 Å². The molecular weight excluding hydrogens is 491 g/mol. The number of carbonyl (C=O) groups is 1. The lowest BCUT2D eigenvalue weighted by Crippen LogP contribution is -2.28. The molecular formula is C22H19BrCl2N2O3. The molecule has 156 valence electrons. The van der Waals surface area contributed by atoms with Gasteiger partial charge in [0.15, 0.2) is 11.5 Å². The molecule has 0 bridgehead atoms. The van der Waals surface area contributed by atoms with Crippen molar-refractivity contribution in [2.45, 2.75) is 19.4 Å². The molecule has 0 unspecified atom stereocenters. The number of ether oxygens (including phenoxy) is 2. The van der Waals surface area contributed by atoms with E-state index in [9.17, 15) is 10.1 Å². The third-order valence-electron chi connectivity index (χ3n) is 4.69. The van der Waals surface area contributed by atoms with Crippen LogP contribution in [0.5, 0.6) is 11.5 Å². The van der Waals surface area contributed by atoms with E-state index in [1.165, 1.54) is 7.11 Å². The molecule has 1 fully saturated rings. The third-order valence-corrected chi connectivity index (χ3v) is 5.87. The minimum absolute atomic E-state index is 0.0902. The first kappa shape index (κ1) is 22.5. The number of likely N-dealkylation sites (tertiary alicyclic amines) is 1. The van der Waals surface area contributed by atoms with Gasteiger partial charge in [0, 0.05) is 28.7 Å². The normalized spacial score (nSPS) is 13.8. The molecule has 2 aromatic carbocycles. The summed E-state index contributed by atoms with van der Waals surface area (Å²) in [5.41, 5.74) is 1.52. The van der Waals surface area contributed by atoms with E-state index in [0.717, 1.165) is 18.4 Å². The molecule has 0 atom stereocenters. The molecule has 0 spiro atoms. The van der Waals surface area contributed by atoms with Crippen LogP contribution in [0.25, 0.3) is 6.08 Å². The SMILES string of the molecule is COc1cc(/C=C(\C#N)C(=O)N2CCCC2)cc(Br)c1OCc1ccc(Cl)cc1Cl. The number of hydrogen-bond donors (Lipinski definition) is 0. The highest BCUT2D eigenvalue weighted by atomic mass is 79.9. The second-order valence-electron chi connectivity index (χ2n) is 6.73. The van der Waals surface area contributed by atoms with E-state index in [4.69, 9.17) is 32.7 Å². The lowest BCUT2D eigenvalue weighted by atomic mass is 10.1. The zero-order chi connectivity index (χ0) is 21.7. The Hall–Kier alpha value is -2.20. The van der Waals surface area contributed by atoms with Crippen molar-refractivity contribution in [2.75, 3.05) is 20.2 Å². The van der Waals surface area contributed by atoms with E-state index in [1.54, 1.807) is 41.3 Å². The summed E-state index contributed by atoms with van der Waals surface area (Å²) in [6.07, 6.45) is 3.49. The fourth-order valence-electron chi connectivity index (χ4n) is 3.15. The van der Waals surface area contributed by atoms with E-state index in [1.807, 2.05) is 6.07 Å². The fraction of sp³-hybridized carbons (Fsp3) is 0.273. The molecule has 0 saturated carbocycles. The van der Waals surface area contributed by atoms with Gasteiger partial charge < -0.3 is 14.4 Å². The van der Waals surface area contributed by atoms with Gasteiger partial charge in [0.1, 0.15) is 18.2 Å². The van der Waals surface area contributed by atoms with Crippen LogP contribution in [0.15, 0.2) is 40.4 Å². The lowest BCUT2D eigenvalue weighted by Gasteiger charge is -2.16. The Morgan fingerprint density at radius 1 is 1.27 bits per heavy atom. The molecule has 0 aromatic heterocycles. The molecule has 1 heterocycles. The summed E-state index contributed by atoms with van der Waals surface area (Å²) in [5.74, 6) is 0.708. The highest BCUT2D eigenvalue weighted by molar-refractivity contribution is 9.10. The molecule has 0 radical (unpaired) electrons. The average molecular weight is 510 g/mol. The van der Waals surface area contributed by atoms with Crippen LogP contribution >= 0.6 is 39.1 Å². The highest BCUT2D eigenvalue weighted by Gasteiger charge is 2.22. The van der Waals surface area contributed by atoms with Gasteiger partial charge >= 0.3 is 0 Å². The maximum Gasteiger partial charge on any atom is 0.264 e. The molecule has 1 aliphatic rings. The van der Waals surface area contributed by atoms with Gasteiger partial charge in [-0.3, -0.25) is 4.79 Å². The molecule has 3 rings (SSSR count). The second-order valence-corrected chi connectivity index (χ2v) is 8.43. The number of methoxy groups -OCH3 is 1. The molecule has 8 heteroatoms. The van der Waals surface area contributed by atoms with Crippen LogP contribution in [0.3, 0.4) is 0 Å². The number of carbonyl (C=O) groups excluding carboxylic acids is 1. The predicted molar refractivity (Wildman–Crippen MR) is 121 cm³/mol. The summed E-state index contributed by atoms with van der Waals surface area (Å²) >= 11 is 15.6. The Balaban J connectivity index is 1.84. The summed E-state index contributed by atoms with van der Waals surface area (Å²) in [6, 6.07) is 10.7. The van der Waals surface area contributed by atoms with E-state index in [0.29, 0.717) is 44.7 Å². The van der Waals surface area contributed by atoms with Gasteiger partial charge in [-0.1, -0.05) is 29.3 Å². The van der Waals surface area contributed by atoms with E-state index in [-0.39, 0.29) is 18.1 Å². The van der Waals surface area contributed by atoms with E-state index in [2.05, 4.69) is 15.9 Å². The summed E-state index contributed by atoms with van der Waals surface area (Å²) in [4.78, 5) is 14.3. The van der Waals surface area contributed by atoms with Crippen LogP contribution in [-0.4, -0.2) is 31.0 Å². The number of nitrogens with zero attached hydrogens (tertiary/aromatic N) is 2. The Labute approximate surface area is 193 Å². The standard InChI is InChI=1S/C22H19BrCl2N2O3/c1-29-20-10-14(8-16(12-26)22(28)27-6-2-3-7-27)9-18(23)21(20)30-13-15-4-5-17(24)11-19(15)25/h4-5,8-11H,2-3,6-7,13H2,1H3/b16-8+. The van der Waals surface area contributed by atoms with Crippen LogP contribution < -0.4 is 9.47 Å². The quantitative estimate of drug-likeness (QED) is 0.360. The third kappa shape index (κ3) is 5.28. The maximum absolute atomic E-state index is 12.5. The highest BCUT2D eigenvalue weighted by Crippen LogP contribution is 2.38. The zero-order valence-electron chi connectivity index (χ0n) is 16.3. The van der Waals surface area contributed by atoms with Crippen molar-refractivity contribution in [1.29, 1.82) is 5.26 Å². The summed E-state index contributed by atoms with van der Waals surface area (Å²) in [6.45, 7) is 1.59. The minimum Gasteiger partial charge on any atom is -0.493 e. The average Bonchev–Trinajstić information content (AvgIpc) is 3.26. The number of benzene rings is 2. The Morgan fingerprint density at radius 3 is 2.63 bits per heavy atom. The first-order valence-electron chi connectivity index (χ1n) is 9.28. The second kappa shape index (κ2) is 10.2. The fourth-order valence-corrected chi connectivity index (χ4v) is 4.19. The molecule has 5 nitrogen and oxygen atoms in total. The minimum atomic E-state index is -0.247. The Morgan fingerprint density at radius 2 is 2.00 bits per heavy atom. The van der Waals surface area contributed by atoms with Crippen LogP contribution in [-0.2, 0) is 11.4 Å². The number of nitriles is 1.